The topological polar surface area (TPSA) is 21.3 Å². The second-order valence-electron chi connectivity index (χ2n) is 17.6. The fourth-order valence-electron chi connectivity index (χ4n) is 10.9. The average molecular weight is 819 g/mol. The van der Waals surface area contributed by atoms with Gasteiger partial charge in [-0.2, -0.15) is 0 Å². The second-order valence-corrected chi connectivity index (χ2v) is 17.6. The monoisotopic (exact) mass is 818 g/mol. The minimum atomic E-state index is -0.127. The van der Waals surface area contributed by atoms with Gasteiger partial charge < -0.3 is 13.9 Å². The summed E-state index contributed by atoms with van der Waals surface area (Å²) in [6.45, 7) is 4.73. The third-order valence-corrected chi connectivity index (χ3v) is 13.8. The molecule has 1 aliphatic rings. The van der Waals surface area contributed by atoms with E-state index in [0.717, 1.165) is 55.8 Å². The Hall–Kier alpha value is -8.14. The molecule has 3 heteroatoms. The van der Waals surface area contributed by atoms with E-state index >= 15 is 0 Å². The van der Waals surface area contributed by atoms with Gasteiger partial charge in [0.2, 0.25) is 0 Å². The zero-order chi connectivity index (χ0) is 42.5. The molecule has 0 amide bonds. The van der Waals surface area contributed by atoms with Crippen molar-refractivity contribution in [2.45, 2.75) is 19.3 Å². The van der Waals surface area contributed by atoms with E-state index < -0.39 is 0 Å². The van der Waals surface area contributed by atoms with Gasteiger partial charge in [-0.05, 0) is 110 Å². The first kappa shape index (κ1) is 36.5. The molecule has 0 radical (unpaired) electrons. The minimum absolute atomic E-state index is 0.127. The van der Waals surface area contributed by atoms with E-state index in [2.05, 4.69) is 242 Å². The standard InChI is InChI=1S/C61H42N2O/c1-61(2)51-26-9-5-19-44(51)49-25-15-23-43(60(49)61)39-33-35-42(36-34-39)62(55-30-13-14-31-56(55)63-53-28-11-6-20-45(53)46-21-7-12-29-54(46)63)52-27-10-8-22-47(52)48-24-16-32-57-59(48)50-37-40-17-3-4-18-41(40)38-58(50)64-57/h3-38H,1-2H3. The number of nitrogens with zero attached hydrogens (tertiary/aromatic N) is 2. The van der Waals surface area contributed by atoms with Crippen LogP contribution in [0, 0.1) is 0 Å². The van der Waals surface area contributed by atoms with Crippen LogP contribution in [0.1, 0.15) is 25.0 Å². The van der Waals surface area contributed by atoms with Crippen LogP contribution in [0.4, 0.5) is 17.1 Å². The lowest BCUT2D eigenvalue weighted by Crippen LogP contribution is -2.16. The van der Waals surface area contributed by atoms with Crippen molar-refractivity contribution in [3.8, 4) is 39.1 Å². The van der Waals surface area contributed by atoms with Gasteiger partial charge in [-0.25, -0.2) is 0 Å². The maximum absolute atomic E-state index is 6.65. The quantitative estimate of drug-likeness (QED) is 0.167. The zero-order valence-corrected chi connectivity index (χ0v) is 35.6. The highest BCUT2D eigenvalue weighted by Crippen LogP contribution is 2.53. The molecular formula is C61H42N2O. The summed E-state index contributed by atoms with van der Waals surface area (Å²) in [5.41, 5.74) is 18.4. The molecule has 0 fully saturated rings. The molecule has 13 rings (SSSR count). The Morgan fingerprint density at radius 3 is 1.78 bits per heavy atom. The number of anilines is 3. The molecule has 0 bridgehead atoms. The van der Waals surface area contributed by atoms with E-state index in [1.54, 1.807) is 0 Å². The number of fused-ring (bicyclic) bond motifs is 10. The molecule has 0 atom stereocenters. The molecule has 3 nitrogen and oxygen atoms in total. The molecule has 12 aromatic rings. The molecule has 0 aliphatic heterocycles. The Morgan fingerprint density at radius 2 is 1.00 bits per heavy atom. The van der Waals surface area contributed by atoms with Crippen molar-refractivity contribution < 1.29 is 4.42 Å². The largest absolute Gasteiger partial charge is 0.456 e. The predicted octanol–water partition coefficient (Wildman–Crippen LogP) is 16.9. The molecule has 64 heavy (non-hydrogen) atoms. The predicted molar refractivity (Wildman–Crippen MR) is 269 cm³/mol. The van der Waals surface area contributed by atoms with Crippen LogP contribution in [0.5, 0.6) is 0 Å². The summed E-state index contributed by atoms with van der Waals surface area (Å²) >= 11 is 0. The highest BCUT2D eigenvalue weighted by molar-refractivity contribution is 6.17. The summed E-state index contributed by atoms with van der Waals surface area (Å²) < 4.78 is 9.08. The van der Waals surface area contributed by atoms with Crippen LogP contribution < -0.4 is 4.90 Å². The van der Waals surface area contributed by atoms with Gasteiger partial charge in [0.15, 0.2) is 0 Å². The summed E-state index contributed by atoms with van der Waals surface area (Å²) in [7, 11) is 0. The summed E-state index contributed by atoms with van der Waals surface area (Å²) in [4.78, 5) is 2.46. The molecule has 2 aromatic heterocycles. The zero-order valence-electron chi connectivity index (χ0n) is 35.6. The first-order chi connectivity index (χ1) is 31.5. The van der Waals surface area contributed by atoms with Gasteiger partial charge in [-0.15, -0.1) is 0 Å². The highest BCUT2D eigenvalue weighted by Gasteiger charge is 2.37. The third kappa shape index (κ3) is 5.34. The van der Waals surface area contributed by atoms with Gasteiger partial charge >= 0.3 is 0 Å². The molecule has 0 saturated heterocycles. The summed E-state index contributed by atoms with van der Waals surface area (Å²) in [6, 6.07) is 79.7. The number of rotatable bonds is 6. The van der Waals surface area contributed by atoms with Crippen molar-refractivity contribution in [3.05, 3.63) is 230 Å². The Bertz CT molecular complexity index is 3770. The minimum Gasteiger partial charge on any atom is -0.456 e. The molecule has 302 valence electrons. The van der Waals surface area contributed by atoms with Crippen LogP contribution >= 0.6 is 0 Å². The molecular weight excluding hydrogens is 777 g/mol. The number of benzene rings is 10. The van der Waals surface area contributed by atoms with E-state index in [1.165, 1.54) is 66.0 Å². The van der Waals surface area contributed by atoms with Crippen LogP contribution in [0.2, 0.25) is 0 Å². The van der Waals surface area contributed by atoms with Crippen molar-refractivity contribution in [3.63, 3.8) is 0 Å². The van der Waals surface area contributed by atoms with Crippen LogP contribution in [0.15, 0.2) is 223 Å². The molecule has 10 aromatic carbocycles. The first-order valence-electron chi connectivity index (χ1n) is 22.2. The SMILES string of the molecule is CC1(C)c2ccccc2-c2cccc(-c3ccc(N(c4ccccc4-c4cccc5oc6cc7ccccc7cc6c45)c4ccccc4-n4c5ccccc5c5ccccc54)cc3)c21. The van der Waals surface area contributed by atoms with Crippen LogP contribution in [-0.2, 0) is 5.41 Å². The first-order valence-corrected chi connectivity index (χ1v) is 22.2. The van der Waals surface area contributed by atoms with Crippen molar-refractivity contribution in [1.82, 2.24) is 4.57 Å². The lowest BCUT2D eigenvalue weighted by atomic mass is 9.79. The Morgan fingerprint density at radius 1 is 0.422 bits per heavy atom. The van der Waals surface area contributed by atoms with Crippen LogP contribution in [0.3, 0.4) is 0 Å². The third-order valence-electron chi connectivity index (χ3n) is 13.8. The van der Waals surface area contributed by atoms with Gasteiger partial charge in [0.25, 0.3) is 0 Å². The number of aromatic nitrogens is 1. The molecule has 2 heterocycles. The Kier molecular flexibility index (Phi) is 7.95. The fourth-order valence-corrected chi connectivity index (χ4v) is 10.9. The van der Waals surface area contributed by atoms with E-state index in [1.807, 2.05) is 0 Å². The van der Waals surface area contributed by atoms with E-state index in [9.17, 15) is 0 Å². The fraction of sp³-hybridized carbons (Fsp3) is 0.0492. The molecule has 0 spiro atoms. The number of hydrogen-bond acceptors (Lipinski definition) is 2. The second kappa shape index (κ2) is 13.9. The van der Waals surface area contributed by atoms with E-state index in [0.29, 0.717) is 0 Å². The van der Waals surface area contributed by atoms with Gasteiger partial charge in [0.1, 0.15) is 11.2 Å². The van der Waals surface area contributed by atoms with Gasteiger partial charge in [-0.3, -0.25) is 0 Å². The van der Waals surface area contributed by atoms with Crippen molar-refractivity contribution in [1.29, 1.82) is 0 Å². The van der Waals surface area contributed by atoms with Gasteiger partial charge in [0, 0.05) is 38.2 Å². The maximum atomic E-state index is 6.65. The van der Waals surface area contributed by atoms with Crippen LogP contribution in [0.25, 0.3) is 93.6 Å². The lowest BCUT2D eigenvalue weighted by molar-refractivity contribution is 0.662. The Balaban J connectivity index is 1.05. The smallest absolute Gasteiger partial charge is 0.136 e. The molecule has 0 unspecified atom stereocenters. The molecule has 1 aliphatic carbocycles. The molecule has 0 N–H and O–H groups in total. The maximum Gasteiger partial charge on any atom is 0.136 e. The van der Waals surface area contributed by atoms with Gasteiger partial charge in [0.05, 0.1) is 28.1 Å². The van der Waals surface area contributed by atoms with E-state index in [-0.39, 0.29) is 5.41 Å². The van der Waals surface area contributed by atoms with Crippen LogP contribution in [-0.4, -0.2) is 4.57 Å². The number of furan rings is 1. The van der Waals surface area contributed by atoms with Crippen molar-refractivity contribution in [2.24, 2.45) is 0 Å². The Labute approximate surface area is 371 Å². The number of hydrogen-bond donors (Lipinski definition) is 0. The van der Waals surface area contributed by atoms with Crippen molar-refractivity contribution in [2.75, 3.05) is 4.90 Å². The highest BCUT2D eigenvalue weighted by atomic mass is 16.3. The summed E-state index contributed by atoms with van der Waals surface area (Å²) in [5, 5.41) is 7.05. The summed E-state index contributed by atoms with van der Waals surface area (Å²) in [6.07, 6.45) is 0. The number of para-hydroxylation sites is 5. The van der Waals surface area contributed by atoms with E-state index in [4.69, 9.17) is 4.42 Å². The van der Waals surface area contributed by atoms with Gasteiger partial charge in [-0.1, -0.05) is 172 Å². The molecule has 0 saturated carbocycles. The lowest BCUT2D eigenvalue weighted by Gasteiger charge is -2.30. The normalized spacial score (nSPS) is 13.0. The average Bonchev–Trinajstić information content (AvgIpc) is 3.96. The summed E-state index contributed by atoms with van der Waals surface area (Å²) in [5.74, 6) is 0. The van der Waals surface area contributed by atoms with Crippen molar-refractivity contribution >= 4 is 71.6 Å².